The summed E-state index contributed by atoms with van der Waals surface area (Å²) in [6.45, 7) is 7.14. The van der Waals surface area contributed by atoms with Crippen molar-refractivity contribution in [2.75, 3.05) is 6.54 Å². The third-order valence-electron chi connectivity index (χ3n) is 3.87. The van der Waals surface area contributed by atoms with Gasteiger partial charge in [0.15, 0.2) is 11.6 Å². The van der Waals surface area contributed by atoms with Crippen LogP contribution in [0.1, 0.15) is 35.4 Å². The smallest absolute Gasteiger partial charge is 0.196 e. The van der Waals surface area contributed by atoms with E-state index >= 15 is 0 Å². The van der Waals surface area contributed by atoms with Gasteiger partial charge in [0, 0.05) is 17.4 Å². The van der Waals surface area contributed by atoms with Crippen LogP contribution in [0.4, 0.5) is 0 Å². The molecule has 2 heterocycles. The third-order valence-corrected chi connectivity index (χ3v) is 3.87. The molecule has 0 aromatic carbocycles. The average molecular weight is 271 g/mol. The van der Waals surface area contributed by atoms with Gasteiger partial charge in [-0.25, -0.2) is 9.97 Å². The number of aryl methyl sites for hydroxylation is 3. The predicted octanol–water partition coefficient (Wildman–Crippen LogP) is 2.96. The summed E-state index contributed by atoms with van der Waals surface area (Å²) in [4.78, 5) is 9.24. The molecule has 0 amide bonds. The fourth-order valence-corrected chi connectivity index (χ4v) is 2.49. The second-order valence-electron chi connectivity index (χ2n) is 5.61. The summed E-state index contributed by atoms with van der Waals surface area (Å²) < 4.78 is 5.48. The van der Waals surface area contributed by atoms with Crippen LogP contribution < -0.4 is 5.32 Å². The van der Waals surface area contributed by atoms with E-state index in [2.05, 4.69) is 29.1 Å². The highest BCUT2D eigenvalue weighted by molar-refractivity contribution is 5.53. The Morgan fingerprint density at radius 2 is 1.90 bits per heavy atom. The summed E-state index contributed by atoms with van der Waals surface area (Å²) in [6, 6.07) is 2.69. The van der Waals surface area contributed by atoms with E-state index in [1.807, 2.05) is 13.0 Å². The largest absolute Gasteiger partial charge is 0.461 e. The molecule has 4 nitrogen and oxygen atoms in total. The number of hydrogen-bond donors (Lipinski definition) is 1. The Morgan fingerprint density at radius 1 is 1.20 bits per heavy atom. The number of hydrogen-bond acceptors (Lipinski definition) is 4. The standard InChI is InChI=1S/C16H21N3O/c1-10-7-9-20-15(10)16-18-11(2)14(12(3)19-16)6-8-17-13-4-5-13/h7,9,13,17H,4-6,8H2,1-3H3. The van der Waals surface area contributed by atoms with E-state index in [-0.39, 0.29) is 0 Å². The summed E-state index contributed by atoms with van der Waals surface area (Å²) in [5.41, 5.74) is 4.44. The molecule has 1 aliphatic rings. The van der Waals surface area contributed by atoms with Crippen molar-refractivity contribution < 1.29 is 4.42 Å². The first-order valence-electron chi connectivity index (χ1n) is 7.27. The van der Waals surface area contributed by atoms with E-state index in [0.717, 1.165) is 41.7 Å². The number of nitrogens with one attached hydrogen (secondary N) is 1. The Labute approximate surface area is 119 Å². The van der Waals surface area contributed by atoms with Gasteiger partial charge < -0.3 is 9.73 Å². The molecule has 4 heteroatoms. The monoisotopic (exact) mass is 271 g/mol. The fraction of sp³-hybridized carbons (Fsp3) is 0.500. The van der Waals surface area contributed by atoms with Crippen molar-refractivity contribution in [1.82, 2.24) is 15.3 Å². The predicted molar refractivity (Wildman–Crippen MR) is 78.7 cm³/mol. The third kappa shape index (κ3) is 2.75. The van der Waals surface area contributed by atoms with Crippen LogP contribution >= 0.6 is 0 Å². The Hall–Kier alpha value is -1.68. The average Bonchev–Trinajstić information content (AvgIpc) is 3.13. The highest BCUT2D eigenvalue weighted by Crippen LogP contribution is 2.23. The fourth-order valence-electron chi connectivity index (χ4n) is 2.49. The van der Waals surface area contributed by atoms with Crippen LogP contribution in [0, 0.1) is 20.8 Å². The quantitative estimate of drug-likeness (QED) is 0.908. The summed E-state index contributed by atoms with van der Waals surface area (Å²) in [6.07, 6.45) is 5.33. The number of rotatable bonds is 5. The van der Waals surface area contributed by atoms with E-state index in [4.69, 9.17) is 4.42 Å². The Bertz CT molecular complexity index is 591. The lowest BCUT2D eigenvalue weighted by Crippen LogP contribution is -2.20. The topological polar surface area (TPSA) is 51.0 Å². The van der Waals surface area contributed by atoms with Crippen molar-refractivity contribution >= 4 is 0 Å². The maximum absolute atomic E-state index is 5.48. The molecule has 2 aromatic rings. The molecule has 0 atom stereocenters. The molecular formula is C16H21N3O. The molecule has 1 fully saturated rings. The van der Waals surface area contributed by atoms with E-state index in [0.29, 0.717) is 5.82 Å². The Kier molecular flexibility index (Phi) is 3.57. The molecule has 0 radical (unpaired) electrons. The summed E-state index contributed by atoms with van der Waals surface area (Å²) in [5, 5.41) is 3.54. The molecule has 1 aliphatic carbocycles. The van der Waals surface area contributed by atoms with Gasteiger partial charge in [-0.2, -0.15) is 0 Å². The molecule has 0 unspecified atom stereocenters. The highest BCUT2D eigenvalue weighted by atomic mass is 16.3. The van der Waals surface area contributed by atoms with Crippen molar-refractivity contribution in [3.05, 3.63) is 34.8 Å². The van der Waals surface area contributed by atoms with Gasteiger partial charge in [0.05, 0.1) is 6.26 Å². The minimum absolute atomic E-state index is 0.696. The zero-order chi connectivity index (χ0) is 14.1. The van der Waals surface area contributed by atoms with Gasteiger partial charge in [0.2, 0.25) is 0 Å². The number of nitrogens with zero attached hydrogens (tertiary/aromatic N) is 2. The summed E-state index contributed by atoms with van der Waals surface area (Å²) in [5.74, 6) is 1.47. The van der Waals surface area contributed by atoms with Crippen LogP contribution in [-0.2, 0) is 6.42 Å². The van der Waals surface area contributed by atoms with Crippen molar-refractivity contribution in [1.29, 1.82) is 0 Å². The lowest BCUT2D eigenvalue weighted by atomic mass is 10.1. The van der Waals surface area contributed by atoms with Crippen LogP contribution in [-0.4, -0.2) is 22.6 Å². The highest BCUT2D eigenvalue weighted by Gasteiger charge is 2.20. The van der Waals surface area contributed by atoms with Gasteiger partial charge in [0.25, 0.3) is 0 Å². The van der Waals surface area contributed by atoms with Crippen LogP contribution in [0.2, 0.25) is 0 Å². The van der Waals surface area contributed by atoms with Crippen LogP contribution in [0.25, 0.3) is 11.6 Å². The molecule has 3 rings (SSSR count). The SMILES string of the molecule is Cc1ccoc1-c1nc(C)c(CCNC2CC2)c(C)n1. The zero-order valence-electron chi connectivity index (χ0n) is 12.4. The first-order chi connectivity index (χ1) is 9.65. The first kappa shape index (κ1) is 13.3. The minimum Gasteiger partial charge on any atom is -0.461 e. The van der Waals surface area contributed by atoms with Gasteiger partial charge in [-0.3, -0.25) is 0 Å². The maximum Gasteiger partial charge on any atom is 0.196 e. The lowest BCUT2D eigenvalue weighted by molar-refractivity contribution is 0.574. The van der Waals surface area contributed by atoms with Gasteiger partial charge in [-0.15, -0.1) is 0 Å². The molecule has 0 bridgehead atoms. The lowest BCUT2D eigenvalue weighted by Gasteiger charge is -2.11. The molecule has 1 N–H and O–H groups in total. The van der Waals surface area contributed by atoms with E-state index < -0.39 is 0 Å². The number of furan rings is 1. The second kappa shape index (κ2) is 5.37. The Balaban J connectivity index is 1.80. The van der Waals surface area contributed by atoms with Gasteiger partial charge in [0.1, 0.15) is 0 Å². The second-order valence-corrected chi connectivity index (χ2v) is 5.61. The van der Waals surface area contributed by atoms with Crippen LogP contribution in [0.3, 0.4) is 0 Å². The molecule has 0 spiro atoms. The van der Waals surface area contributed by atoms with E-state index in [1.54, 1.807) is 6.26 Å². The van der Waals surface area contributed by atoms with Crippen molar-refractivity contribution in [2.24, 2.45) is 0 Å². The molecule has 1 saturated carbocycles. The molecule has 106 valence electrons. The first-order valence-corrected chi connectivity index (χ1v) is 7.27. The number of aromatic nitrogens is 2. The summed E-state index contributed by atoms with van der Waals surface area (Å²) in [7, 11) is 0. The zero-order valence-corrected chi connectivity index (χ0v) is 12.4. The molecular weight excluding hydrogens is 250 g/mol. The molecule has 20 heavy (non-hydrogen) atoms. The van der Waals surface area contributed by atoms with Gasteiger partial charge >= 0.3 is 0 Å². The molecule has 2 aromatic heterocycles. The van der Waals surface area contributed by atoms with Gasteiger partial charge in [-0.1, -0.05) is 0 Å². The summed E-state index contributed by atoms with van der Waals surface area (Å²) >= 11 is 0. The molecule has 0 saturated heterocycles. The minimum atomic E-state index is 0.696. The van der Waals surface area contributed by atoms with Crippen LogP contribution in [0.5, 0.6) is 0 Å². The van der Waals surface area contributed by atoms with Gasteiger partial charge in [-0.05, 0) is 63.8 Å². The van der Waals surface area contributed by atoms with Crippen LogP contribution in [0.15, 0.2) is 16.7 Å². The normalized spacial score (nSPS) is 14.8. The molecule has 0 aliphatic heterocycles. The van der Waals surface area contributed by atoms with E-state index in [1.165, 1.54) is 18.4 Å². The van der Waals surface area contributed by atoms with Crippen molar-refractivity contribution in [2.45, 2.75) is 46.1 Å². The van der Waals surface area contributed by atoms with Crippen molar-refractivity contribution in [3.8, 4) is 11.6 Å². The Morgan fingerprint density at radius 3 is 2.45 bits per heavy atom. The van der Waals surface area contributed by atoms with E-state index in [9.17, 15) is 0 Å². The maximum atomic E-state index is 5.48. The van der Waals surface area contributed by atoms with Crippen molar-refractivity contribution in [3.63, 3.8) is 0 Å².